The van der Waals surface area contributed by atoms with Crippen molar-refractivity contribution >= 4 is 17.7 Å². The molecule has 2 heterocycles. The molecule has 0 aromatic heterocycles. The second-order valence-electron chi connectivity index (χ2n) is 2.69. The number of carbonyl (C=O) groups is 1. The van der Waals surface area contributed by atoms with Gasteiger partial charge in [-0.2, -0.15) is 0 Å². The van der Waals surface area contributed by atoms with E-state index < -0.39 is 0 Å². The van der Waals surface area contributed by atoms with Gasteiger partial charge in [-0.05, 0) is 0 Å². The molecule has 0 bridgehead atoms. The molecule has 2 aliphatic heterocycles. The van der Waals surface area contributed by atoms with Gasteiger partial charge in [-0.3, -0.25) is 4.79 Å². The first kappa shape index (κ1) is 6.49. The van der Waals surface area contributed by atoms with Crippen LogP contribution in [-0.2, 0) is 4.79 Å². The van der Waals surface area contributed by atoms with E-state index in [2.05, 4.69) is 0 Å². The molecule has 2 fully saturated rings. The third kappa shape index (κ3) is 0.828. The maximum atomic E-state index is 10.8. The Morgan fingerprint density at radius 2 is 2.50 bits per heavy atom. The first-order valence-corrected chi connectivity index (χ1v) is 4.41. The quantitative estimate of drug-likeness (QED) is 0.491. The van der Waals surface area contributed by atoms with Crippen LogP contribution in [0.3, 0.4) is 0 Å². The number of aliphatic hydroxyl groups excluding tert-OH is 1. The Morgan fingerprint density at radius 3 is 3.10 bits per heavy atom. The molecule has 3 nitrogen and oxygen atoms in total. The first-order chi connectivity index (χ1) is 4.77. The molecule has 0 aromatic carbocycles. The molecule has 4 heteroatoms. The van der Waals surface area contributed by atoms with Gasteiger partial charge in [-0.15, -0.1) is 11.8 Å². The predicted molar refractivity (Wildman–Crippen MR) is 38.6 cm³/mol. The van der Waals surface area contributed by atoms with Gasteiger partial charge in [0.05, 0.1) is 17.9 Å². The smallest absolute Gasteiger partial charge is 0.226 e. The van der Waals surface area contributed by atoms with Crippen LogP contribution in [0.15, 0.2) is 0 Å². The molecule has 0 radical (unpaired) electrons. The Hall–Kier alpha value is -0.220. The average Bonchev–Trinajstić information content (AvgIpc) is 1.92. The summed E-state index contributed by atoms with van der Waals surface area (Å²) in [5.41, 5.74) is 0. The van der Waals surface area contributed by atoms with Gasteiger partial charge in [0.1, 0.15) is 0 Å². The average molecular weight is 159 g/mol. The number of aliphatic hydroxyl groups is 1. The summed E-state index contributed by atoms with van der Waals surface area (Å²) in [4.78, 5) is 12.6. The summed E-state index contributed by atoms with van der Waals surface area (Å²) < 4.78 is 0. The first-order valence-electron chi connectivity index (χ1n) is 3.36. The highest BCUT2D eigenvalue weighted by Gasteiger charge is 2.40. The summed E-state index contributed by atoms with van der Waals surface area (Å²) in [6.07, 6.45) is 0.377. The molecule has 1 unspecified atom stereocenters. The Morgan fingerprint density at radius 1 is 1.70 bits per heavy atom. The summed E-state index contributed by atoms with van der Waals surface area (Å²) in [6.45, 7) is 0.552. The molecule has 2 saturated heterocycles. The normalized spacial score (nSPS) is 38.9. The summed E-state index contributed by atoms with van der Waals surface area (Å²) >= 11 is 1.68. The second-order valence-corrected chi connectivity index (χ2v) is 3.90. The number of β-lactam (4-membered cyclic amide) rings is 1. The van der Waals surface area contributed by atoms with Crippen LogP contribution in [0.5, 0.6) is 0 Å². The molecule has 0 spiro atoms. The van der Waals surface area contributed by atoms with Crippen molar-refractivity contribution < 1.29 is 9.90 Å². The molecule has 10 heavy (non-hydrogen) atoms. The van der Waals surface area contributed by atoms with Crippen molar-refractivity contribution in [2.45, 2.75) is 17.9 Å². The van der Waals surface area contributed by atoms with Gasteiger partial charge in [0.25, 0.3) is 0 Å². The van der Waals surface area contributed by atoms with Crippen molar-refractivity contribution in [1.82, 2.24) is 4.90 Å². The van der Waals surface area contributed by atoms with Crippen LogP contribution in [0.25, 0.3) is 0 Å². The highest BCUT2D eigenvalue weighted by Crippen LogP contribution is 2.33. The van der Waals surface area contributed by atoms with Crippen molar-refractivity contribution in [2.75, 3.05) is 12.3 Å². The summed E-state index contributed by atoms with van der Waals surface area (Å²) in [5.74, 6) is 0.977. The standard InChI is InChI=1S/C6H9NO2S/c8-4-2-7-5(9)1-6(7)10-3-4/h4,6,8H,1-3H2/t4?,6-/m0/s1. The number of thioether (sulfide) groups is 1. The number of fused-ring (bicyclic) bond motifs is 1. The molecule has 1 amide bonds. The van der Waals surface area contributed by atoms with E-state index >= 15 is 0 Å². The van der Waals surface area contributed by atoms with Crippen LogP contribution in [0.1, 0.15) is 6.42 Å². The van der Waals surface area contributed by atoms with Gasteiger partial charge < -0.3 is 10.0 Å². The monoisotopic (exact) mass is 159 g/mol. The fraction of sp³-hybridized carbons (Fsp3) is 0.833. The van der Waals surface area contributed by atoms with Crippen LogP contribution in [0.4, 0.5) is 0 Å². The van der Waals surface area contributed by atoms with Gasteiger partial charge in [-0.25, -0.2) is 0 Å². The molecular formula is C6H9NO2S. The third-order valence-electron chi connectivity index (χ3n) is 1.91. The topological polar surface area (TPSA) is 40.5 Å². The molecule has 2 atom stereocenters. The molecule has 0 aromatic rings. The number of carbonyl (C=O) groups excluding carboxylic acids is 1. The summed E-state index contributed by atoms with van der Waals surface area (Å²) in [6, 6.07) is 0. The molecule has 0 saturated carbocycles. The van der Waals surface area contributed by atoms with Crippen molar-refractivity contribution in [3.05, 3.63) is 0 Å². The lowest BCUT2D eigenvalue weighted by Crippen LogP contribution is -2.57. The lowest BCUT2D eigenvalue weighted by Gasteiger charge is -2.44. The minimum atomic E-state index is -0.300. The van der Waals surface area contributed by atoms with E-state index in [9.17, 15) is 4.79 Å². The maximum Gasteiger partial charge on any atom is 0.226 e. The Kier molecular flexibility index (Phi) is 1.38. The molecule has 56 valence electrons. The van der Waals surface area contributed by atoms with Crippen molar-refractivity contribution in [2.24, 2.45) is 0 Å². The second kappa shape index (κ2) is 2.13. The fourth-order valence-electron chi connectivity index (χ4n) is 1.30. The summed E-state index contributed by atoms with van der Waals surface area (Å²) in [5, 5.41) is 9.52. The van der Waals surface area contributed by atoms with Crippen LogP contribution < -0.4 is 0 Å². The fourth-order valence-corrected chi connectivity index (χ4v) is 2.49. The SMILES string of the molecule is O=C1C[C@@H]2SCC(O)CN12. The minimum Gasteiger partial charge on any atom is -0.390 e. The summed E-state index contributed by atoms with van der Waals surface area (Å²) in [7, 11) is 0. The van der Waals surface area contributed by atoms with Gasteiger partial charge in [0.15, 0.2) is 0 Å². The molecular weight excluding hydrogens is 150 g/mol. The lowest BCUT2D eigenvalue weighted by atomic mass is 10.2. The van der Waals surface area contributed by atoms with Crippen LogP contribution in [0, 0.1) is 0 Å². The van der Waals surface area contributed by atoms with Crippen molar-refractivity contribution in [1.29, 1.82) is 0 Å². The van der Waals surface area contributed by atoms with Crippen LogP contribution in [-0.4, -0.2) is 39.7 Å². The van der Waals surface area contributed by atoms with Crippen molar-refractivity contribution in [3.8, 4) is 0 Å². The van der Waals surface area contributed by atoms with E-state index in [1.807, 2.05) is 0 Å². The Balaban J connectivity index is 2.00. The number of nitrogens with zero attached hydrogens (tertiary/aromatic N) is 1. The van der Waals surface area contributed by atoms with Gasteiger partial charge in [-0.1, -0.05) is 0 Å². The van der Waals surface area contributed by atoms with E-state index in [0.717, 1.165) is 5.75 Å². The van der Waals surface area contributed by atoms with Crippen LogP contribution in [0.2, 0.25) is 0 Å². The molecule has 2 rings (SSSR count). The minimum absolute atomic E-state index is 0.191. The van der Waals surface area contributed by atoms with E-state index in [0.29, 0.717) is 18.3 Å². The van der Waals surface area contributed by atoms with Gasteiger partial charge in [0, 0.05) is 12.3 Å². The zero-order valence-corrected chi connectivity index (χ0v) is 6.30. The molecule has 1 N–H and O–H groups in total. The molecule has 0 aliphatic carbocycles. The number of amides is 1. The van der Waals surface area contributed by atoms with E-state index in [1.165, 1.54) is 0 Å². The number of rotatable bonds is 0. The molecule has 2 aliphatic rings. The predicted octanol–water partition coefficient (Wildman–Crippen LogP) is -0.348. The third-order valence-corrected chi connectivity index (χ3v) is 3.29. The lowest BCUT2D eigenvalue weighted by molar-refractivity contribution is -0.143. The Bertz CT molecular complexity index is 173. The highest BCUT2D eigenvalue weighted by molar-refractivity contribution is 8.00. The van der Waals surface area contributed by atoms with Crippen molar-refractivity contribution in [3.63, 3.8) is 0 Å². The maximum absolute atomic E-state index is 10.8. The number of hydrogen-bond donors (Lipinski definition) is 1. The van der Waals surface area contributed by atoms with E-state index in [-0.39, 0.29) is 12.0 Å². The number of hydrogen-bond acceptors (Lipinski definition) is 3. The Labute approximate surface area is 63.4 Å². The zero-order chi connectivity index (χ0) is 7.14. The highest BCUT2D eigenvalue weighted by atomic mass is 32.2. The van der Waals surface area contributed by atoms with E-state index in [1.54, 1.807) is 16.7 Å². The van der Waals surface area contributed by atoms with Gasteiger partial charge in [0.2, 0.25) is 5.91 Å². The van der Waals surface area contributed by atoms with E-state index in [4.69, 9.17) is 5.11 Å². The zero-order valence-electron chi connectivity index (χ0n) is 5.49. The largest absolute Gasteiger partial charge is 0.390 e. The van der Waals surface area contributed by atoms with Crippen LogP contribution >= 0.6 is 11.8 Å². The van der Waals surface area contributed by atoms with Gasteiger partial charge >= 0.3 is 0 Å².